The molecule has 0 aliphatic carbocycles. The van der Waals surface area contributed by atoms with E-state index in [1.54, 1.807) is 11.7 Å². The van der Waals surface area contributed by atoms with Gasteiger partial charge in [-0.1, -0.05) is 24.3 Å². The lowest BCUT2D eigenvalue weighted by molar-refractivity contribution is -0.123. The first-order chi connectivity index (χ1) is 14.4. The first-order valence-corrected chi connectivity index (χ1v) is 10.4. The summed E-state index contributed by atoms with van der Waals surface area (Å²) < 4.78 is 1.80. The Morgan fingerprint density at radius 1 is 1.35 bits per heavy atom. The number of hydrogen-bond acceptors (Lipinski definition) is 4. The maximum Gasteiger partial charge on any atom is 0.221 e. The normalized spacial score (nSPS) is 17.1. The van der Waals surface area contributed by atoms with E-state index in [1.807, 2.05) is 26.5 Å². The van der Waals surface area contributed by atoms with Gasteiger partial charge in [-0.3, -0.25) is 19.4 Å². The van der Waals surface area contributed by atoms with E-state index in [-0.39, 0.29) is 35.8 Å². The molecule has 9 heteroatoms. The lowest BCUT2D eigenvalue weighted by Crippen LogP contribution is -2.40. The van der Waals surface area contributed by atoms with E-state index in [4.69, 9.17) is 5.73 Å². The van der Waals surface area contributed by atoms with Gasteiger partial charge in [-0.05, 0) is 30.5 Å². The van der Waals surface area contributed by atoms with Gasteiger partial charge in [0.05, 0.1) is 12.1 Å². The predicted octanol–water partition coefficient (Wildman–Crippen LogP) is 1.94. The molecule has 1 fully saturated rings. The Balaban J connectivity index is 0.00000341. The van der Waals surface area contributed by atoms with Crippen LogP contribution in [0, 0.1) is 5.92 Å². The Hall–Kier alpha value is -2.14. The van der Waals surface area contributed by atoms with Crippen molar-refractivity contribution in [3.8, 4) is 0 Å². The van der Waals surface area contributed by atoms with Crippen LogP contribution >= 0.6 is 24.0 Å². The fourth-order valence-corrected chi connectivity index (χ4v) is 4.00. The molecule has 2 heterocycles. The maximum absolute atomic E-state index is 11.5. The molecule has 3 rings (SSSR count). The summed E-state index contributed by atoms with van der Waals surface area (Å²) in [5.41, 5.74) is 9.10. The van der Waals surface area contributed by atoms with Crippen molar-refractivity contribution in [1.29, 1.82) is 0 Å². The number of primary amides is 1. The van der Waals surface area contributed by atoms with Gasteiger partial charge in [0.1, 0.15) is 0 Å². The molecule has 3 N–H and O–H groups in total. The van der Waals surface area contributed by atoms with Crippen molar-refractivity contribution in [2.75, 3.05) is 27.2 Å². The number of carbonyl (C=O) groups is 1. The molecule has 1 saturated heterocycles. The summed E-state index contributed by atoms with van der Waals surface area (Å²) in [6.45, 7) is 4.04. The Labute approximate surface area is 201 Å². The Morgan fingerprint density at radius 2 is 2.13 bits per heavy atom. The fourth-order valence-electron chi connectivity index (χ4n) is 4.00. The number of hydrogen-bond donors (Lipinski definition) is 2. The van der Waals surface area contributed by atoms with E-state index in [2.05, 4.69) is 49.5 Å². The number of amides is 1. The first-order valence-electron chi connectivity index (χ1n) is 10.4. The van der Waals surface area contributed by atoms with Gasteiger partial charge in [0.15, 0.2) is 5.96 Å². The first kappa shape index (κ1) is 25.1. The molecule has 1 aliphatic heterocycles. The molecule has 1 aromatic carbocycles. The molecule has 8 nitrogen and oxygen atoms in total. The summed E-state index contributed by atoms with van der Waals surface area (Å²) >= 11 is 0. The molecule has 0 radical (unpaired) electrons. The second-order valence-electron chi connectivity index (χ2n) is 8.08. The minimum absolute atomic E-state index is 0. The molecule has 0 bridgehead atoms. The number of aryl methyl sites for hydroxylation is 1. The maximum atomic E-state index is 11.5. The zero-order chi connectivity index (χ0) is 21.5. The van der Waals surface area contributed by atoms with Crippen LogP contribution in [0.15, 0.2) is 41.7 Å². The van der Waals surface area contributed by atoms with Gasteiger partial charge < -0.3 is 16.0 Å². The molecule has 1 amide bonds. The standard InChI is InChI=1S/C22H33N7O.HI/c1-24-22(27(2)13-19-12-26-28(3)14-19)25-11-17-6-4-7-18(10-17)15-29-9-5-8-20(16-29)21(23)30;/h4,6-7,10,12,14,20H,5,8-9,11,13,15-16H2,1-3H3,(H2,23,30)(H,24,25);1H. The number of nitrogens with two attached hydrogens (primary N) is 1. The number of rotatable bonds is 7. The summed E-state index contributed by atoms with van der Waals surface area (Å²) in [5.74, 6) is 0.631. The van der Waals surface area contributed by atoms with E-state index in [0.717, 1.165) is 50.5 Å². The van der Waals surface area contributed by atoms with E-state index in [1.165, 1.54) is 11.1 Å². The highest BCUT2D eigenvalue weighted by Crippen LogP contribution is 2.18. The molecule has 0 saturated carbocycles. The van der Waals surface area contributed by atoms with Crippen LogP contribution in [0.4, 0.5) is 0 Å². The molecule has 0 spiro atoms. The summed E-state index contributed by atoms with van der Waals surface area (Å²) in [5, 5.41) is 7.66. The fraction of sp³-hybridized carbons (Fsp3) is 0.500. The van der Waals surface area contributed by atoms with E-state index in [0.29, 0.717) is 6.54 Å². The van der Waals surface area contributed by atoms with E-state index < -0.39 is 0 Å². The molecular weight excluding hydrogens is 505 g/mol. The lowest BCUT2D eigenvalue weighted by Gasteiger charge is -2.31. The van der Waals surface area contributed by atoms with Crippen LogP contribution in [-0.4, -0.2) is 58.6 Å². The Morgan fingerprint density at radius 3 is 2.81 bits per heavy atom. The van der Waals surface area contributed by atoms with Crippen molar-refractivity contribution < 1.29 is 4.79 Å². The van der Waals surface area contributed by atoms with Crippen molar-refractivity contribution in [2.24, 2.45) is 23.7 Å². The van der Waals surface area contributed by atoms with Crippen molar-refractivity contribution in [3.05, 3.63) is 53.3 Å². The van der Waals surface area contributed by atoms with Crippen molar-refractivity contribution in [1.82, 2.24) is 24.9 Å². The zero-order valence-corrected chi connectivity index (χ0v) is 21.0. The van der Waals surface area contributed by atoms with E-state index in [9.17, 15) is 4.79 Å². The minimum Gasteiger partial charge on any atom is -0.369 e. The number of nitrogens with one attached hydrogen (secondary N) is 1. The quantitative estimate of drug-likeness (QED) is 0.319. The number of aromatic nitrogens is 2. The molecule has 2 aromatic rings. The smallest absolute Gasteiger partial charge is 0.221 e. The van der Waals surface area contributed by atoms with Gasteiger partial charge in [0.2, 0.25) is 5.91 Å². The van der Waals surface area contributed by atoms with Gasteiger partial charge in [0, 0.05) is 59.1 Å². The topological polar surface area (TPSA) is 91.8 Å². The van der Waals surface area contributed by atoms with Crippen molar-refractivity contribution >= 4 is 35.8 Å². The van der Waals surface area contributed by atoms with Gasteiger partial charge in [0.25, 0.3) is 0 Å². The average molecular weight is 539 g/mol. The van der Waals surface area contributed by atoms with Crippen LogP contribution < -0.4 is 11.1 Å². The number of benzene rings is 1. The van der Waals surface area contributed by atoms with Crippen LogP contribution in [-0.2, 0) is 31.5 Å². The summed E-state index contributed by atoms with van der Waals surface area (Å²) in [6.07, 6.45) is 5.81. The third kappa shape index (κ3) is 7.49. The number of aliphatic imine (C=N–C) groups is 1. The van der Waals surface area contributed by atoms with Crippen LogP contribution in [0.25, 0.3) is 0 Å². The molecule has 170 valence electrons. The molecule has 1 aromatic heterocycles. The minimum atomic E-state index is -0.181. The number of guanidine groups is 1. The lowest BCUT2D eigenvalue weighted by atomic mass is 9.97. The van der Waals surface area contributed by atoms with Crippen LogP contribution in [0.5, 0.6) is 0 Å². The second kappa shape index (κ2) is 12.0. The average Bonchev–Trinajstić information content (AvgIpc) is 3.13. The number of piperidine rings is 1. The monoisotopic (exact) mass is 539 g/mol. The Bertz CT molecular complexity index is 882. The highest BCUT2D eigenvalue weighted by atomic mass is 127. The zero-order valence-electron chi connectivity index (χ0n) is 18.6. The Kier molecular flexibility index (Phi) is 9.76. The van der Waals surface area contributed by atoms with Gasteiger partial charge in [-0.15, -0.1) is 24.0 Å². The molecule has 1 unspecified atom stereocenters. The molecule has 1 atom stereocenters. The highest BCUT2D eigenvalue weighted by molar-refractivity contribution is 14.0. The van der Waals surface area contributed by atoms with Crippen LogP contribution in [0.2, 0.25) is 0 Å². The number of carbonyl (C=O) groups excluding carboxylic acids is 1. The van der Waals surface area contributed by atoms with Gasteiger partial charge >= 0.3 is 0 Å². The van der Waals surface area contributed by atoms with Gasteiger partial charge in [-0.25, -0.2) is 0 Å². The third-order valence-electron chi connectivity index (χ3n) is 5.51. The molecule has 31 heavy (non-hydrogen) atoms. The van der Waals surface area contributed by atoms with Crippen molar-refractivity contribution in [3.63, 3.8) is 0 Å². The van der Waals surface area contributed by atoms with Gasteiger partial charge in [-0.2, -0.15) is 5.10 Å². The second-order valence-corrected chi connectivity index (χ2v) is 8.08. The number of nitrogens with zero attached hydrogens (tertiary/aromatic N) is 5. The summed E-state index contributed by atoms with van der Waals surface area (Å²) in [4.78, 5) is 20.3. The predicted molar refractivity (Wildman–Crippen MR) is 134 cm³/mol. The number of halogens is 1. The number of likely N-dealkylation sites (tertiary alicyclic amines) is 1. The highest BCUT2D eigenvalue weighted by Gasteiger charge is 2.23. The summed E-state index contributed by atoms with van der Waals surface area (Å²) in [7, 11) is 5.73. The van der Waals surface area contributed by atoms with Crippen LogP contribution in [0.3, 0.4) is 0 Å². The SMILES string of the molecule is CN=C(NCc1cccc(CN2CCCC(C(N)=O)C2)c1)N(C)Cc1cnn(C)c1.I. The van der Waals surface area contributed by atoms with Crippen molar-refractivity contribution in [2.45, 2.75) is 32.5 Å². The third-order valence-corrected chi connectivity index (χ3v) is 5.51. The van der Waals surface area contributed by atoms with Crippen LogP contribution in [0.1, 0.15) is 29.5 Å². The summed E-state index contributed by atoms with van der Waals surface area (Å²) in [6, 6.07) is 8.56. The van der Waals surface area contributed by atoms with E-state index >= 15 is 0 Å². The largest absolute Gasteiger partial charge is 0.369 e. The molecule has 1 aliphatic rings. The molecular formula is C22H34IN7O.